The van der Waals surface area contributed by atoms with Gasteiger partial charge in [0.25, 0.3) is 0 Å². The lowest BCUT2D eigenvalue weighted by Gasteiger charge is -2.09. The lowest BCUT2D eigenvalue weighted by atomic mass is 10.00. The fourth-order valence-corrected chi connectivity index (χ4v) is 4.01. The van der Waals surface area contributed by atoms with Gasteiger partial charge in [0.15, 0.2) is 5.13 Å². The zero-order chi connectivity index (χ0) is 20.4. The molecule has 2 heterocycles. The standard InChI is InChI=1S/C21H18FN3O3S/c1-12(26)24-15-6-7-19-17(9-15)18(11-28-19)20(27)25-21-23-10-16(29-21)8-13-2-4-14(22)5-3-13/h2-7,9-10,18H,8,11H2,1H3,(H,24,26)(H,23,25,27). The minimum absolute atomic E-state index is 0.179. The fourth-order valence-electron chi connectivity index (χ4n) is 3.16. The van der Waals surface area contributed by atoms with Crippen LogP contribution in [0.15, 0.2) is 48.7 Å². The molecule has 4 rings (SSSR count). The largest absolute Gasteiger partial charge is 0.492 e. The maximum absolute atomic E-state index is 13.0. The van der Waals surface area contributed by atoms with E-state index in [9.17, 15) is 14.0 Å². The molecule has 6 nitrogen and oxygen atoms in total. The molecule has 0 spiro atoms. The second-order valence-corrected chi connectivity index (χ2v) is 7.84. The van der Waals surface area contributed by atoms with Crippen LogP contribution in [0.25, 0.3) is 0 Å². The van der Waals surface area contributed by atoms with E-state index in [1.54, 1.807) is 36.5 Å². The van der Waals surface area contributed by atoms with Crippen molar-refractivity contribution < 1.29 is 18.7 Å². The lowest BCUT2D eigenvalue weighted by molar-refractivity contribution is -0.117. The SMILES string of the molecule is CC(=O)Nc1ccc2c(c1)C(C(=O)Nc1ncc(Cc3ccc(F)cc3)s1)CO2. The zero-order valence-corrected chi connectivity index (χ0v) is 16.4. The molecule has 8 heteroatoms. The Bertz CT molecular complexity index is 1070. The first-order valence-corrected chi connectivity index (χ1v) is 9.84. The van der Waals surface area contributed by atoms with E-state index >= 15 is 0 Å². The van der Waals surface area contributed by atoms with Gasteiger partial charge in [-0.05, 0) is 35.9 Å². The van der Waals surface area contributed by atoms with Gasteiger partial charge in [-0.3, -0.25) is 9.59 Å². The average molecular weight is 411 g/mol. The third kappa shape index (κ3) is 4.43. The third-order valence-corrected chi connectivity index (χ3v) is 5.42. The van der Waals surface area contributed by atoms with Gasteiger partial charge < -0.3 is 15.4 Å². The summed E-state index contributed by atoms with van der Waals surface area (Å²) in [6.45, 7) is 1.67. The van der Waals surface area contributed by atoms with Gasteiger partial charge in [0.1, 0.15) is 24.1 Å². The Hall–Kier alpha value is -3.26. The molecule has 2 amide bonds. The third-order valence-electron chi connectivity index (χ3n) is 4.50. The van der Waals surface area contributed by atoms with E-state index in [0.717, 1.165) is 16.0 Å². The zero-order valence-electron chi connectivity index (χ0n) is 15.6. The number of hydrogen-bond donors (Lipinski definition) is 2. The highest BCUT2D eigenvalue weighted by Gasteiger charge is 2.31. The molecule has 1 atom stereocenters. The number of amides is 2. The molecule has 2 N–H and O–H groups in total. The molecule has 2 aromatic carbocycles. The van der Waals surface area contributed by atoms with Crippen LogP contribution in [0.5, 0.6) is 5.75 Å². The first-order chi connectivity index (χ1) is 14.0. The Balaban J connectivity index is 1.44. The molecule has 0 radical (unpaired) electrons. The number of ether oxygens (including phenoxy) is 1. The van der Waals surface area contributed by atoms with E-state index in [-0.39, 0.29) is 24.2 Å². The molecule has 1 aliphatic heterocycles. The Morgan fingerprint density at radius 1 is 1.21 bits per heavy atom. The molecule has 1 aliphatic rings. The van der Waals surface area contributed by atoms with E-state index < -0.39 is 5.92 Å². The molecule has 1 aromatic heterocycles. The molecule has 0 saturated carbocycles. The van der Waals surface area contributed by atoms with Crippen LogP contribution in [0.1, 0.15) is 28.8 Å². The molecule has 0 saturated heterocycles. The predicted molar refractivity (Wildman–Crippen MR) is 109 cm³/mol. The van der Waals surface area contributed by atoms with Crippen molar-refractivity contribution >= 4 is 34.0 Å². The summed E-state index contributed by atoms with van der Waals surface area (Å²) in [6, 6.07) is 11.5. The van der Waals surface area contributed by atoms with E-state index in [1.165, 1.54) is 30.4 Å². The Labute approximate surface area is 170 Å². The summed E-state index contributed by atoms with van der Waals surface area (Å²) < 4.78 is 18.6. The normalized spacial score (nSPS) is 14.8. The van der Waals surface area contributed by atoms with Crippen molar-refractivity contribution in [1.82, 2.24) is 4.98 Å². The number of rotatable bonds is 5. The van der Waals surface area contributed by atoms with Gasteiger partial charge in [-0.2, -0.15) is 0 Å². The monoisotopic (exact) mass is 411 g/mol. The number of thiazole rings is 1. The molecule has 0 fully saturated rings. The first-order valence-electron chi connectivity index (χ1n) is 9.02. The number of halogens is 1. The number of carbonyl (C=O) groups excluding carboxylic acids is 2. The number of carbonyl (C=O) groups is 2. The van der Waals surface area contributed by atoms with Crippen molar-refractivity contribution in [2.75, 3.05) is 17.2 Å². The number of benzene rings is 2. The van der Waals surface area contributed by atoms with Gasteiger partial charge in [0.2, 0.25) is 11.8 Å². The van der Waals surface area contributed by atoms with E-state index in [0.29, 0.717) is 23.0 Å². The molecule has 1 unspecified atom stereocenters. The molecular weight excluding hydrogens is 393 g/mol. The summed E-state index contributed by atoms with van der Waals surface area (Å²) in [5.41, 5.74) is 2.32. The van der Waals surface area contributed by atoms with Gasteiger partial charge in [-0.15, -0.1) is 11.3 Å². The highest BCUT2D eigenvalue weighted by Crippen LogP contribution is 2.36. The summed E-state index contributed by atoms with van der Waals surface area (Å²) in [5.74, 6) is -0.516. The quantitative estimate of drug-likeness (QED) is 0.666. The topological polar surface area (TPSA) is 80.3 Å². The number of aromatic nitrogens is 1. The summed E-state index contributed by atoms with van der Waals surface area (Å²) in [5, 5.41) is 6.05. The van der Waals surface area contributed by atoms with Gasteiger partial charge >= 0.3 is 0 Å². The van der Waals surface area contributed by atoms with Gasteiger partial charge in [-0.25, -0.2) is 9.37 Å². The maximum Gasteiger partial charge on any atom is 0.237 e. The average Bonchev–Trinajstić information content (AvgIpc) is 3.29. The minimum atomic E-state index is -0.483. The van der Waals surface area contributed by atoms with Crippen molar-refractivity contribution in [2.45, 2.75) is 19.3 Å². The molecular formula is C21H18FN3O3S. The van der Waals surface area contributed by atoms with Gasteiger partial charge in [0, 0.05) is 35.7 Å². The summed E-state index contributed by atoms with van der Waals surface area (Å²) >= 11 is 1.38. The smallest absolute Gasteiger partial charge is 0.237 e. The number of hydrogen-bond acceptors (Lipinski definition) is 5. The molecule has 148 valence electrons. The molecule has 0 bridgehead atoms. The Kier molecular flexibility index (Phi) is 5.26. The van der Waals surface area contributed by atoms with Crippen LogP contribution in [0.2, 0.25) is 0 Å². The van der Waals surface area contributed by atoms with Crippen LogP contribution in [0.3, 0.4) is 0 Å². The highest BCUT2D eigenvalue weighted by molar-refractivity contribution is 7.15. The van der Waals surface area contributed by atoms with E-state index in [2.05, 4.69) is 15.6 Å². The number of anilines is 2. The number of fused-ring (bicyclic) bond motifs is 1. The minimum Gasteiger partial charge on any atom is -0.492 e. The highest BCUT2D eigenvalue weighted by atomic mass is 32.1. The fraction of sp³-hybridized carbons (Fsp3) is 0.190. The van der Waals surface area contributed by atoms with Gasteiger partial charge in [0.05, 0.1) is 0 Å². The van der Waals surface area contributed by atoms with Crippen molar-refractivity contribution in [1.29, 1.82) is 0 Å². The van der Waals surface area contributed by atoms with Crippen LogP contribution in [-0.2, 0) is 16.0 Å². The summed E-state index contributed by atoms with van der Waals surface area (Å²) in [4.78, 5) is 29.3. The molecule has 0 aliphatic carbocycles. The van der Waals surface area contributed by atoms with Crippen molar-refractivity contribution in [2.24, 2.45) is 0 Å². The second-order valence-electron chi connectivity index (χ2n) is 6.72. The number of nitrogens with zero attached hydrogens (tertiary/aromatic N) is 1. The van der Waals surface area contributed by atoms with Crippen LogP contribution in [0.4, 0.5) is 15.2 Å². The van der Waals surface area contributed by atoms with E-state index in [1.807, 2.05) is 0 Å². The van der Waals surface area contributed by atoms with Crippen LogP contribution >= 0.6 is 11.3 Å². The molecule has 29 heavy (non-hydrogen) atoms. The van der Waals surface area contributed by atoms with Gasteiger partial charge in [-0.1, -0.05) is 12.1 Å². The second kappa shape index (κ2) is 8.00. The first kappa shape index (κ1) is 19.1. The van der Waals surface area contributed by atoms with Crippen LogP contribution < -0.4 is 15.4 Å². The Morgan fingerprint density at radius 2 is 2.00 bits per heavy atom. The molecule has 3 aromatic rings. The lowest BCUT2D eigenvalue weighted by Crippen LogP contribution is -2.22. The van der Waals surface area contributed by atoms with Crippen LogP contribution in [-0.4, -0.2) is 23.4 Å². The predicted octanol–water partition coefficient (Wildman–Crippen LogP) is 3.95. The number of nitrogens with one attached hydrogen (secondary N) is 2. The maximum atomic E-state index is 13.0. The Morgan fingerprint density at radius 3 is 2.76 bits per heavy atom. The summed E-state index contributed by atoms with van der Waals surface area (Å²) in [7, 11) is 0. The van der Waals surface area contributed by atoms with Crippen LogP contribution in [0, 0.1) is 5.82 Å². The summed E-state index contributed by atoms with van der Waals surface area (Å²) in [6.07, 6.45) is 2.32. The van der Waals surface area contributed by atoms with E-state index in [4.69, 9.17) is 4.74 Å². The van der Waals surface area contributed by atoms with Crippen molar-refractivity contribution in [3.05, 3.63) is 70.5 Å². The van der Waals surface area contributed by atoms with Crippen molar-refractivity contribution in [3.63, 3.8) is 0 Å². The van der Waals surface area contributed by atoms with Crippen molar-refractivity contribution in [3.8, 4) is 5.75 Å².